The fourth-order valence-corrected chi connectivity index (χ4v) is 6.00. The van der Waals surface area contributed by atoms with E-state index >= 15 is 0 Å². The summed E-state index contributed by atoms with van der Waals surface area (Å²) >= 11 is 0. The molecule has 1 unspecified atom stereocenters. The first kappa shape index (κ1) is 26.0. The van der Waals surface area contributed by atoms with Gasteiger partial charge in [-0.1, -0.05) is 118 Å². The molecule has 7 rings (SSSR count). The molecule has 42 heavy (non-hydrogen) atoms. The Kier molecular flexibility index (Phi) is 6.68. The molecule has 5 aromatic carbocycles. The van der Waals surface area contributed by atoms with E-state index in [0.29, 0.717) is 11.8 Å². The summed E-state index contributed by atoms with van der Waals surface area (Å²) in [7, 11) is 0. The molecule has 0 saturated carbocycles. The highest BCUT2D eigenvalue weighted by Crippen LogP contribution is 2.43. The van der Waals surface area contributed by atoms with E-state index in [0.717, 1.165) is 38.8 Å². The average Bonchev–Trinajstić information content (AvgIpc) is 3.43. The third-order valence-electron chi connectivity index (χ3n) is 8.61. The van der Waals surface area contributed by atoms with Gasteiger partial charge in [0.2, 0.25) is 0 Å². The Morgan fingerprint density at radius 2 is 1.19 bits per heavy atom. The lowest BCUT2D eigenvalue weighted by atomic mass is 9.87. The van der Waals surface area contributed by atoms with Gasteiger partial charge >= 0.3 is 0 Å². The van der Waals surface area contributed by atoms with Crippen LogP contribution in [0.2, 0.25) is 0 Å². The number of hydrogen-bond acceptors (Lipinski definition) is 2. The molecule has 0 aliphatic rings. The number of benzene rings is 5. The highest BCUT2D eigenvalue weighted by molar-refractivity contribution is 6.10. The van der Waals surface area contributed by atoms with Gasteiger partial charge in [0.25, 0.3) is 0 Å². The molecule has 1 atom stereocenters. The number of nitrogens with zero attached hydrogens (tertiary/aromatic N) is 1. The lowest BCUT2D eigenvalue weighted by Crippen LogP contribution is -2.02. The van der Waals surface area contributed by atoms with Crippen molar-refractivity contribution in [2.45, 2.75) is 26.7 Å². The summed E-state index contributed by atoms with van der Waals surface area (Å²) in [5.74, 6) is 1.01. The van der Waals surface area contributed by atoms with E-state index in [1.807, 2.05) is 6.20 Å². The Labute approximate surface area is 247 Å². The van der Waals surface area contributed by atoms with Gasteiger partial charge in [0.15, 0.2) is 0 Å². The van der Waals surface area contributed by atoms with Gasteiger partial charge in [-0.25, -0.2) is 0 Å². The standard InChI is InChI=1S/C40H33NO/c1-26(2)27(3)30-22-23-41-37(24-30)36-19-11-18-35-34-21-20-31(25-38(34)42-40(35)36)39-32(28-12-6-4-7-13-28)16-10-17-33(39)29-14-8-5-9-15-29/h4-27H,1-3H3. The van der Waals surface area contributed by atoms with Crippen LogP contribution >= 0.6 is 0 Å². The number of furan rings is 1. The average molecular weight is 544 g/mol. The monoisotopic (exact) mass is 543 g/mol. The van der Waals surface area contributed by atoms with E-state index in [-0.39, 0.29) is 0 Å². The molecule has 0 aliphatic heterocycles. The number of fused-ring (bicyclic) bond motifs is 3. The van der Waals surface area contributed by atoms with E-state index in [9.17, 15) is 0 Å². The van der Waals surface area contributed by atoms with Crippen LogP contribution in [0.1, 0.15) is 32.3 Å². The van der Waals surface area contributed by atoms with Gasteiger partial charge in [0, 0.05) is 22.5 Å². The van der Waals surface area contributed by atoms with Gasteiger partial charge < -0.3 is 4.42 Å². The lowest BCUT2D eigenvalue weighted by Gasteiger charge is -2.16. The summed E-state index contributed by atoms with van der Waals surface area (Å²) < 4.78 is 6.70. The van der Waals surface area contributed by atoms with Crippen LogP contribution in [0, 0.1) is 5.92 Å². The van der Waals surface area contributed by atoms with Crippen molar-refractivity contribution in [3.8, 4) is 44.6 Å². The Morgan fingerprint density at radius 1 is 0.548 bits per heavy atom. The molecule has 0 radical (unpaired) electrons. The maximum atomic E-state index is 6.70. The normalized spacial score (nSPS) is 12.3. The molecular formula is C40H33NO. The highest BCUT2D eigenvalue weighted by Gasteiger charge is 2.18. The zero-order chi connectivity index (χ0) is 28.6. The van der Waals surface area contributed by atoms with Crippen LogP contribution < -0.4 is 0 Å². The van der Waals surface area contributed by atoms with Crippen molar-refractivity contribution >= 4 is 21.9 Å². The maximum Gasteiger partial charge on any atom is 0.144 e. The summed E-state index contributed by atoms with van der Waals surface area (Å²) in [6.45, 7) is 6.81. The molecular weight excluding hydrogens is 510 g/mol. The van der Waals surface area contributed by atoms with E-state index < -0.39 is 0 Å². The molecule has 0 bridgehead atoms. The van der Waals surface area contributed by atoms with Crippen LogP contribution in [-0.2, 0) is 0 Å². The Hall–Kier alpha value is -4.95. The van der Waals surface area contributed by atoms with E-state index in [1.54, 1.807) is 0 Å². The summed E-state index contributed by atoms with van der Waals surface area (Å²) in [6, 6.07) is 45.2. The summed E-state index contributed by atoms with van der Waals surface area (Å²) in [6.07, 6.45) is 1.93. The molecule has 204 valence electrons. The first-order chi connectivity index (χ1) is 20.6. The predicted molar refractivity (Wildman–Crippen MR) is 177 cm³/mol. The molecule has 0 aliphatic carbocycles. The molecule has 0 saturated heterocycles. The fourth-order valence-electron chi connectivity index (χ4n) is 6.00. The van der Waals surface area contributed by atoms with Crippen LogP contribution in [0.15, 0.2) is 138 Å². The first-order valence-corrected chi connectivity index (χ1v) is 14.7. The summed E-state index contributed by atoms with van der Waals surface area (Å²) in [5, 5.41) is 2.22. The zero-order valence-electron chi connectivity index (χ0n) is 24.2. The zero-order valence-corrected chi connectivity index (χ0v) is 24.2. The topological polar surface area (TPSA) is 26.0 Å². The van der Waals surface area contributed by atoms with Crippen molar-refractivity contribution in [1.82, 2.24) is 4.98 Å². The SMILES string of the molecule is CC(C)C(C)c1ccnc(-c2cccc3c2oc2cc(-c4c(-c5ccccc5)cccc4-c4ccccc4)ccc23)c1. The van der Waals surface area contributed by atoms with Crippen LogP contribution in [0.25, 0.3) is 66.6 Å². The van der Waals surface area contributed by atoms with E-state index in [2.05, 4.69) is 148 Å². The van der Waals surface area contributed by atoms with Crippen LogP contribution in [0.5, 0.6) is 0 Å². The van der Waals surface area contributed by atoms with Gasteiger partial charge in [0.1, 0.15) is 11.2 Å². The second-order valence-electron chi connectivity index (χ2n) is 11.5. The summed E-state index contributed by atoms with van der Waals surface area (Å²) in [5.41, 5.74) is 12.2. The van der Waals surface area contributed by atoms with Crippen LogP contribution in [0.4, 0.5) is 0 Å². The Morgan fingerprint density at radius 3 is 1.86 bits per heavy atom. The molecule has 2 aromatic heterocycles. The first-order valence-electron chi connectivity index (χ1n) is 14.7. The quantitative estimate of drug-likeness (QED) is 0.208. The predicted octanol–water partition coefficient (Wildman–Crippen LogP) is 11.4. The number of rotatable bonds is 6. The molecule has 0 spiro atoms. The van der Waals surface area contributed by atoms with Gasteiger partial charge in [-0.3, -0.25) is 4.98 Å². The molecule has 2 nitrogen and oxygen atoms in total. The second-order valence-corrected chi connectivity index (χ2v) is 11.5. The van der Waals surface area contributed by atoms with E-state index in [1.165, 1.54) is 33.4 Å². The van der Waals surface area contributed by atoms with Crippen LogP contribution in [-0.4, -0.2) is 4.98 Å². The molecule has 0 fully saturated rings. The smallest absolute Gasteiger partial charge is 0.144 e. The van der Waals surface area contributed by atoms with Crippen molar-refractivity contribution < 1.29 is 4.42 Å². The molecule has 7 aromatic rings. The van der Waals surface area contributed by atoms with Gasteiger partial charge in [-0.2, -0.15) is 0 Å². The van der Waals surface area contributed by atoms with Gasteiger partial charge in [-0.05, 0) is 81.1 Å². The number of aromatic nitrogens is 1. The largest absolute Gasteiger partial charge is 0.455 e. The molecule has 0 amide bonds. The van der Waals surface area contributed by atoms with Gasteiger partial charge in [-0.15, -0.1) is 0 Å². The van der Waals surface area contributed by atoms with Crippen molar-refractivity contribution in [1.29, 1.82) is 0 Å². The number of pyridine rings is 1. The minimum Gasteiger partial charge on any atom is -0.455 e. The minimum atomic E-state index is 0.452. The van der Waals surface area contributed by atoms with Crippen molar-refractivity contribution in [3.05, 3.63) is 139 Å². The van der Waals surface area contributed by atoms with Gasteiger partial charge in [0.05, 0.1) is 5.69 Å². The van der Waals surface area contributed by atoms with Crippen LogP contribution in [0.3, 0.4) is 0 Å². The molecule has 2 heterocycles. The molecule has 2 heteroatoms. The number of para-hydroxylation sites is 1. The van der Waals surface area contributed by atoms with Crippen molar-refractivity contribution in [2.24, 2.45) is 5.92 Å². The number of hydrogen-bond donors (Lipinski definition) is 0. The minimum absolute atomic E-state index is 0.452. The third-order valence-corrected chi connectivity index (χ3v) is 8.61. The fraction of sp³-hybridized carbons (Fsp3) is 0.125. The second kappa shape index (κ2) is 10.8. The Bertz CT molecular complexity index is 1960. The Balaban J connectivity index is 1.42. The third kappa shape index (κ3) is 4.59. The van der Waals surface area contributed by atoms with E-state index in [4.69, 9.17) is 9.40 Å². The van der Waals surface area contributed by atoms with Crippen molar-refractivity contribution in [3.63, 3.8) is 0 Å². The highest BCUT2D eigenvalue weighted by atomic mass is 16.3. The molecule has 0 N–H and O–H groups in total. The lowest BCUT2D eigenvalue weighted by molar-refractivity contribution is 0.535. The summed E-state index contributed by atoms with van der Waals surface area (Å²) in [4.78, 5) is 4.77. The maximum absolute atomic E-state index is 6.70. The van der Waals surface area contributed by atoms with Crippen molar-refractivity contribution in [2.75, 3.05) is 0 Å².